The minimum Gasteiger partial charge on any atom is -0.399 e. The SMILES string of the molecule is Cc1ccc(N)cc1S(=O)(=O)NCC1(O)CCCCCC1. The van der Waals surface area contributed by atoms with Crippen LogP contribution in [0.1, 0.15) is 44.1 Å². The van der Waals surface area contributed by atoms with Gasteiger partial charge in [0.1, 0.15) is 0 Å². The van der Waals surface area contributed by atoms with Crippen LogP contribution in [0.4, 0.5) is 5.69 Å². The Labute approximate surface area is 126 Å². The maximum Gasteiger partial charge on any atom is 0.241 e. The van der Waals surface area contributed by atoms with Gasteiger partial charge in [0.05, 0.1) is 10.5 Å². The number of nitrogen functional groups attached to an aromatic ring is 1. The summed E-state index contributed by atoms with van der Waals surface area (Å²) < 4.78 is 27.3. The lowest BCUT2D eigenvalue weighted by Crippen LogP contribution is -2.42. The van der Waals surface area contributed by atoms with Gasteiger partial charge < -0.3 is 10.8 Å². The molecule has 2 rings (SSSR count). The molecule has 118 valence electrons. The highest BCUT2D eigenvalue weighted by Gasteiger charge is 2.30. The molecule has 4 N–H and O–H groups in total. The Morgan fingerprint density at radius 2 is 1.86 bits per heavy atom. The molecule has 5 nitrogen and oxygen atoms in total. The molecular weight excluding hydrogens is 288 g/mol. The van der Waals surface area contributed by atoms with Crippen LogP contribution < -0.4 is 10.5 Å². The molecule has 0 bridgehead atoms. The molecule has 1 saturated carbocycles. The third-order valence-electron chi connectivity index (χ3n) is 4.13. The summed E-state index contributed by atoms with van der Waals surface area (Å²) in [7, 11) is -3.65. The molecule has 1 aliphatic rings. The Morgan fingerprint density at radius 1 is 1.24 bits per heavy atom. The maximum atomic E-state index is 12.4. The third-order valence-corrected chi connectivity index (χ3v) is 5.67. The van der Waals surface area contributed by atoms with Gasteiger partial charge in [0.15, 0.2) is 0 Å². The van der Waals surface area contributed by atoms with Crippen LogP contribution >= 0.6 is 0 Å². The van der Waals surface area contributed by atoms with Gasteiger partial charge >= 0.3 is 0 Å². The molecule has 0 radical (unpaired) electrons. The van der Waals surface area contributed by atoms with E-state index in [1.807, 2.05) is 0 Å². The second-order valence-corrected chi connectivity index (χ2v) is 7.72. The molecule has 0 heterocycles. The number of benzene rings is 1. The lowest BCUT2D eigenvalue weighted by Gasteiger charge is -2.26. The van der Waals surface area contributed by atoms with Gasteiger partial charge in [-0.15, -0.1) is 0 Å². The number of hydrogen-bond acceptors (Lipinski definition) is 4. The van der Waals surface area contributed by atoms with Crippen molar-refractivity contribution in [3.8, 4) is 0 Å². The smallest absolute Gasteiger partial charge is 0.241 e. The number of aryl methyl sites for hydroxylation is 1. The highest BCUT2D eigenvalue weighted by atomic mass is 32.2. The molecule has 6 heteroatoms. The zero-order chi connectivity index (χ0) is 15.5. The van der Waals surface area contributed by atoms with Crippen molar-refractivity contribution in [1.29, 1.82) is 0 Å². The first-order chi connectivity index (χ1) is 9.82. The first-order valence-corrected chi connectivity index (χ1v) is 8.89. The minimum absolute atomic E-state index is 0.0591. The van der Waals surface area contributed by atoms with E-state index in [1.54, 1.807) is 19.1 Å². The summed E-state index contributed by atoms with van der Waals surface area (Å²) in [6, 6.07) is 4.81. The van der Waals surface area contributed by atoms with Crippen molar-refractivity contribution in [3.63, 3.8) is 0 Å². The Hall–Kier alpha value is -1.11. The van der Waals surface area contributed by atoms with Gasteiger partial charge in [0.2, 0.25) is 10.0 Å². The Kier molecular flexibility index (Phi) is 4.91. The highest BCUT2D eigenvalue weighted by Crippen LogP contribution is 2.27. The van der Waals surface area contributed by atoms with Gasteiger partial charge in [-0.2, -0.15) is 0 Å². The van der Waals surface area contributed by atoms with Crippen LogP contribution in [0.5, 0.6) is 0 Å². The number of hydrogen-bond donors (Lipinski definition) is 3. The van der Waals surface area contributed by atoms with E-state index in [1.165, 1.54) is 6.07 Å². The average Bonchev–Trinajstić information content (AvgIpc) is 2.65. The second-order valence-electron chi connectivity index (χ2n) is 5.99. The van der Waals surface area contributed by atoms with Crippen LogP contribution in [0.3, 0.4) is 0 Å². The van der Waals surface area contributed by atoms with Gasteiger partial charge in [-0.25, -0.2) is 13.1 Å². The molecule has 0 amide bonds. The van der Waals surface area contributed by atoms with Gasteiger partial charge in [-0.3, -0.25) is 0 Å². The van der Waals surface area contributed by atoms with Crippen LogP contribution in [-0.2, 0) is 10.0 Å². The van der Waals surface area contributed by atoms with E-state index < -0.39 is 15.6 Å². The molecule has 1 aliphatic carbocycles. The maximum absolute atomic E-state index is 12.4. The zero-order valence-electron chi connectivity index (χ0n) is 12.4. The number of nitrogens with one attached hydrogen (secondary N) is 1. The summed E-state index contributed by atoms with van der Waals surface area (Å²) in [4.78, 5) is 0.180. The van der Waals surface area contributed by atoms with Crippen molar-refractivity contribution in [2.75, 3.05) is 12.3 Å². The van der Waals surface area contributed by atoms with Crippen LogP contribution in [0.25, 0.3) is 0 Å². The van der Waals surface area contributed by atoms with E-state index in [9.17, 15) is 13.5 Å². The summed E-state index contributed by atoms with van der Waals surface area (Å²) >= 11 is 0. The summed E-state index contributed by atoms with van der Waals surface area (Å²) in [6.45, 7) is 1.79. The van der Waals surface area contributed by atoms with Crippen LogP contribution in [0.15, 0.2) is 23.1 Å². The van der Waals surface area contributed by atoms with Gasteiger partial charge in [0, 0.05) is 12.2 Å². The number of nitrogens with two attached hydrogens (primary N) is 1. The number of aliphatic hydroxyl groups is 1. The fraction of sp³-hybridized carbons (Fsp3) is 0.600. The Morgan fingerprint density at radius 3 is 2.48 bits per heavy atom. The van der Waals surface area contributed by atoms with Crippen molar-refractivity contribution >= 4 is 15.7 Å². The summed E-state index contributed by atoms with van der Waals surface area (Å²) in [5, 5.41) is 10.5. The molecule has 0 spiro atoms. The van der Waals surface area contributed by atoms with Crippen molar-refractivity contribution in [1.82, 2.24) is 4.72 Å². The average molecular weight is 312 g/mol. The summed E-state index contributed by atoms with van der Waals surface area (Å²) in [5.41, 5.74) is 5.79. The lowest BCUT2D eigenvalue weighted by molar-refractivity contribution is 0.0303. The molecule has 1 aromatic rings. The summed E-state index contributed by atoms with van der Waals surface area (Å²) in [5.74, 6) is 0. The molecule has 21 heavy (non-hydrogen) atoms. The third kappa shape index (κ3) is 4.18. The molecule has 0 aromatic heterocycles. The van der Waals surface area contributed by atoms with E-state index in [0.717, 1.165) is 25.7 Å². The van der Waals surface area contributed by atoms with E-state index in [2.05, 4.69) is 4.72 Å². The second kappa shape index (κ2) is 6.34. The first kappa shape index (κ1) is 16.3. The molecule has 1 fully saturated rings. The topological polar surface area (TPSA) is 92.4 Å². The largest absolute Gasteiger partial charge is 0.399 e. The van der Waals surface area contributed by atoms with Gasteiger partial charge in [-0.05, 0) is 37.5 Å². The predicted octanol–water partition coefficient (Wildman–Crippen LogP) is 1.94. The molecule has 0 atom stereocenters. The zero-order valence-corrected chi connectivity index (χ0v) is 13.2. The molecular formula is C15H24N2O3S. The van der Waals surface area contributed by atoms with Crippen molar-refractivity contribution in [2.45, 2.75) is 55.9 Å². The van der Waals surface area contributed by atoms with Crippen LogP contribution in [0, 0.1) is 6.92 Å². The fourth-order valence-corrected chi connectivity index (χ4v) is 4.17. The van der Waals surface area contributed by atoms with Crippen molar-refractivity contribution in [3.05, 3.63) is 23.8 Å². The number of sulfonamides is 1. The monoisotopic (exact) mass is 312 g/mol. The van der Waals surface area contributed by atoms with Gasteiger partial charge in [0.25, 0.3) is 0 Å². The van der Waals surface area contributed by atoms with E-state index in [0.29, 0.717) is 24.1 Å². The molecule has 0 saturated heterocycles. The molecule has 0 aliphatic heterocycles. The molecule has 1 aromatic carbocycles. The van der Waals surface area contributed by atoms with Crippen LogP contribution in [0.2, 0.25) is 0 Å². The van der Waals surface area contributed by atoms with Crippen molar-refractivity contribution < 1.29 is 13.5 Å². The Bertz CT molecular complexity index is 591. The van der Waals surface area contributed by atoms with Crippen LogP contribution in [-0.4, -0.2) is 25.7 Å². The standard InChI is InChI=1S/C15H24N2O3S/c1-12-6-7-13(16)10-14(12)21(19,20)17-11-15(18)8-4-2-3-5-9-15/h6-7,10,17-18H,2-5,8-9,11,16H2,1H3. The minimum atomic E-state index is -3.65. The number of anilines is 1. The molecule has 0 unspecified atom stereocenters. The van der Waals surface area contributed by atoms with Gasteiger partial charge in [-0.1, -0.05) is 31.7 Å². The first-order valence-electron chi connectivity index (χ1n) is 7.41. The van der Waals surface area contributed by atoms with Crippen molar-refractivity contribution in [2.24, 2.45) is 0 Å². The van der Waals surface area contributed by atoms with E-state index >= 15 is 0 Å². The fourth-order valence-electron chi connectivity index (χ4n) is 2.78. The lowest BCUT2D eigenvalue weighted by atomic mass is 9.95. The highest BCUT2D eigenvalue weighted by molar-refractivity contribution is 7.89. The van der Waals surface area contributed by atoms with E-state index in [-0.39, 0.29) is 11.4 Å². The van der Waals surface area contributed by atoms with E-state index in [4.69, 9.17) is 5.73 Å². The predicted molar refractivity (Wildman–Crippen MR) is 83.4 cm³/mol. The number of rotatable bonds is 4. The normalized spacial score (nSPS) is 19.1. The quantitative estimate of drug-likeness (QED) is 0.585. The Balaban J connectivity index is 2.12. The summed E-state index contributed by atoms with van der Waals surface area (Å²) in [6.07, 6.45) is 5.37.